The zero-order chi connectivity index (χ0) is 13.5. The zero-order valence-corrected chi connectivity index (χ0v) is 10.0. The van der Waals surface area contributed by atoms with Crippen molar-refractivity contribution < 1.29 is 34.6 Å². The second-order valence-electron chi connectivity index (χ2n) is 3.97. The van der Waals surface area contributed by atoms with Crippen molar-refractivity contribution in [3.63, 3.8) is 0 Å². The Balaban J connectivity index is 2.35. The Hall–Kier alpha value is -0.320. The molecular formula is C10H21NO7. The first kappa shape index (κ1) is 15.7. The molecule has 6 N–H and O–H groups in total. The topological polar surface area (TPSA) is 135 Å². The smallest absolute Gasteiger partial charge is 0.184 e. The highest BCUT2D eigenvalue weighted by Gasteiger charge is 2.44. The van der Waals surface area contributed by atoms with Crippen LogP contribution in [0.2, 0.25) is 0 Å². The van der Waals surface area contributed by atoms with Gasteiger partial charge >= 0.3 is 0 Å². The molecule has 1 rings (SSSR count). The molecule has 1 aliphatic rings. The number of nitrogens with two attached hydrogens (primary N) is 1. The molecule has 1 heterocycles. The van der Waals surface area contributed by atoms with Gasteiger partial charge < -0.3 is 40.4 Å². The van der Waals surface area contributed by atoms with Crippen molar-refractivity contribution in [2.24, 2.45) is 5.73 Å². The van der Waals surface area contributed by atoms with Gasteiger partial charge in [0.05, 0.1) is 26.4 Å². The lowest BCUT2D eigenvalue weighted by Gasteiger charge is -2.39. The Morgan fingerprint density at radius 2 is 1.78 bits per heavy atom. The maximum absolute atomic E-state index is 9.73. The van der Waals surface area contributed by atoms with Gasteiger partial charge in [-0.1, -0.05) is 0 Å². The van der Waals surface area contributed by atoms with E-state index in [0.717, 1.165) is 0 Å². The molecule has 8 heteroatoms. The summed E-state index contributed by atoms with van der Waals surface area (Å²) in [5, 5.41) is 37.8. The first-order valence-corrected chi connectivity index (χ1v) is 5.81. The van der Waals surface area contributed by atoms with E-state index in [2.05, 4.69) is 0 Å². The number of rotatable bonds is 7. The third-order valence-electron chi connectivity index (χ3n) is 2.64. The molecule has 1 saturated heterocycles. The number of aliphatic hydroxyl groups is 4. The van der Waals surface area contributed by atoms with Gasteiger partial charge in [-0.2, -0.15) is 0 Å². The van der Waals surface area contributed by atoms with Crippen molar-refractivity contribution in [1.29, 1.82) is 0 Å². The molecule has 0 aromatic carbocycles. The van der Waals surface area contributed by atoms with Crippen molar-refractivity contribution in [2.45, 2.75) is 30.7 Å². The van der Waals surface area contributed by atoms with E-state index in [1.165, 1.54) is 0 Å². The van der Waals surface area contributed by atoms with E-state index in [-0.39, 0.29) is 13.2 Å². The van der Waals surface area contributed by atoms with Crippen LogP contribution in [0.5, 0.6) is 0 Å². The molecule has 0 amide bonds. The van der Waals surface area contributed by atoms with Gasteiger partial charge in [0.25, 0.3) is 0 Å². The molecule has 0 saturated carbocycles. The van der Waals surface area contributed by atoms with Crippen LogP contribution >= 0.6 is 0 Å². The molecule has 5 atom stereocenters. The van der Waals surface area contributed by atoms with Gasteiger partial charge in [-0.05, 0) is 0 Å². The van der Waals surface area contributed by atoms with Crippen LogP contribution in [0.1, 0.15) is 0 Å². The predicted molar refractivity (Wildman–Crippen MR) is 59.6 cm³/mol. The number of hydrogen-bond donors (Lipinski definition) is 5. The summed E-state index contributed by atoms with van der Waals surface area (Å²) in [7, 11) is 0. The minimum absolute atomic E-state index is 0.124. The van der Waals surface area contributed by atoms with Crippen molar-refractivity contribution >= 4 is 0 Å². The van der Waals surface area contributed by atoms with Crippen LogP contribution in [0, 0.1) is 0 Å². The van der Waals surface area contributed by atoms with Crippen LogP contribution in [0.15, 0.2) is 0 Å². The molecule has 18 heavy (non-hydrogen) atoms. The fourth-order valence-corrected chi connectivity index (χ4v) is 1.68. The van der Waals surface area contributed by atoms with Crippen molar-refractivity contribution in [3.8, 4) is 0 Å². The van der Waals surface area contributed by atoms with Gasteiger partial charge in [-0.15, -0.1) is 0 Å². The molecule has 0 radical (unpaired) electrons. The van der Waals surface area contributed by atoms with E-state index in [4.69, 9.17) is 25.1 Å². The van der Waals surface area contributed by atoms with E-state index in [0.29, 0.717) is 13.2 Å². The van der Waals surface area contributed by atoms with Crippen molar-refractivity contribution in [1.82, 2.24) is 0 Å². The molecule has 0 unspecified atom stereocenters. The SMILES string of the molecule is NCCOCCO[C@@H]1[C@@H](O)[C@@H](O)[C@@H](CO)O[C@H]1O. The maximum atomic E-state index is 9.73. The van der Waals surface area contributed by atoms with Crippen LogP contribution in [-0.4, -0.2) is 84.1 Å². The van der Waals surface area contributed by atoms with Crippen molar-refractivity contribution in [3.05, 3.63) is 0 Å². The van der Waals surface area contributed by atoms with Gasteiger partial charge in [0.15, 0.2) is 6.29 Å². The van der Waals surface area contributed by atoms with Crippen molar-refractivity contribution in [2.75, 3.05) is 33.0 Å². The van der Waals surface area contributed by atoms with E-state index in [1.807, 2.05) is 0 Å². The summed E-state index contributed by atoms with van der Waals surface area (Å²) >= 11 is 0. The highest BCUT2D eigenvalue weighted by molar-refractivity contribution is 4.89. The Bertz CT molecular complexity index is 230. The lowest BCUT2D eigenvalue weighted by Crippen LogP contribution is -2.59. The molecule has 0 aromatic rings. The monoisotopic (exact) mass is 267 g/mol. The highest BCUT2D eigenvalue weighted by atomic mass is 16.7. The summed E-state index contributed by atoms with van der Waals surface area (Å²) in [5.41, 5.74) is 5.22. The lowest BCUT2D eigenvalue weighted by atomic mass is 9.99. The summed E-state index contributed by atoms with van der Waals surface area (Å²) in [4.78, 5) is 0. The summed E-state index contributed by atoms with van der Waals surface area (Å²) in [5.74, 6) is 0. The fourth-order valence-electron chi connectivity index (χ4n) is 1.68. The standard InChI is InChI=1S/C10H21NO7/c11-1-2-16-3-4-17-9-8(14)7(13)6(5-12)18-10(9)15/h6-10,12-15H,1-5,11H2/t6-,7+,8+,9-,10-/m1/s1. The minimum Gasteiger partial charge on any atom is -0.394 e. The Labute approximate surface area is 105 Å². The molecule has 0 aromatic heterocycles. The zero-order valence-electron chi connectivity index (χ0n) is 10.0. The van der Waals surface area contributed by atoms with Crippen LogP contribution in [0.4, 0.5) is 0 Å². The lowest BCUT2D eigenvalue weighted by molar-refractivity contribution is -0.297. The third kappa shape index (κ3) is 4.11. The molecule has 8 nitrogen and oxygen atoms in total. The van der Waals surface area contributed by atoms with E-state index < -0.39 is 37.3 Å². The number of aliphatic hydroxyl groups excluding tert-OH is 4. The van der Waals surface area contributed by atoms with E-state index in [9.17, 15) is 15.3 Å². The Morgan fingerprint density at radius 1 is 1.06 bits per heavy atom. The van der Waals surface area contributed by atoms with Gasteiger partial charge in [0.1, 0.15) is 24.4 Å². The first-order chi connectivity index (χ1) is 8.61. The average Bonchev–Trinajstić information content (AvgIpc) is 2.37. The highest BCUT2D eigenvalue weighted by Crippen LogP contribution is 2.21. The maximum Gasteiger partial charge on any atom is 0.184 e. The second kappa shape index (κ2) is 7.97. The number of hydrogen-bond acceptors (Lipinski definition) is 8. The average molecular weight is 267 g/mol. The molecule has 108 valence electrons. The molecule has 0 bridgehead atoms. The molecule has 0 spiro atoms. The predicted octanol–water partition coefficient (Wildman–Crippen LogP) is -3.22. The van der Waals surface area contributed by atoms with Crippen LogP contribution < -0.4 is 5.73 Å². The molecule has 1 aliphatic heterocycles. The Morgan fingerprint density at radius 3 is 2.39 bits per heavy atom. The van der Waals surface area contributed by atoms with Crippen LogP contribution in [0.25, 0.3) is 0 Å². The van der Waals surface area contributed by atoms with E-state index >= 15 is 0 Å². The minimum atomic E-state index is -1.41. The van der Waals surface area contributed by atoms with Crippen LogP contribution in [-0.2, 0) is 14.2 Å². The summed E-state index contributed by atoms with van der Waals surface area (Å²) in [6.45, 7) is 0.673. The van der Waals surface area contributed by atoms with Crippen LogP contribution in [0.3, 0.4) is 0 Å². The summed E-state index contributed by atoms with van der Waals surface area (Å²) in [6.07, 6.45) is -6.16. The van der Waals surface area contributed by atoms with Gasteiger partial charge in [0.2, 0.25) is 0 Å². The van der Waals surface area contributed by atoms with Gasteiger partial charge in [-0.3, -0.25) is 0 Å². The van der Waals surface area contributed by atoms with Gasteiger partial charge in [-0.25, -0.2) is 0 Å². The number of ether oxygens (including phenoxy) is 3. The third-order valence-corrected chi connectivity index (χ3v) is 2.64. The molecule has 1 fully saturated rings. The summed E-state index contributed by atoms with van der Waals surface area (Å²) < 4.78 is 15.2. The van der Waals surface area contributed by atoms with E-state index in [1.54, 1.807) is 0 Å². The quantitative estimate of drug-likeness (QED) is 0.304. The first-order valence-electron chi connectivity index (χ1n) is 5.81. The summed E-state index contributed by atoms with van der Waals surface area (Å²) in [6, 6.07) is 0. The molecular weight excluding hydrogens is 246 g/mol. The second-order valence-corrected chi connectivity index (χ2v) is 3.97. The Kier molecular flexibility index (Phi) is 6.97. The molecule has 0 aliphatic carbocycles. The van der Waals surface area contributed by atoms with Gasteiger partial charge in [0, 0.05) is 6.54 Å². The largest absolute Gasteiger partial charge is 0.394 e. The normalized spacial score (nSPS) is 36.8. The fraction of sp³-hybridized carbons (Fsp3) is 1.00.